The Morgan fingerprint density at radius 2 is 1.42 bits per heavy atom. The van der Waals surface area contributed by atoms with Crippen LogP contribution in [-0.4, -0.2) is 81.7 Å². The second-order valence-electron chi connectivity index (χ2n) is 14.9. The largest absolute Gasteiger partial charge is 0.507 e. The Morgan fingerprint density at radius 1 is 0.873 bits per heavy atom. The van der Waals surface area contributed by atoms with E-state index in [1.54, 1.807) is 55.6 Å². The second kappa shape index (κ2) is 14.4. The van der Waals surface area contributed by atoms with E-state index in [4.69, 9.17) is 9.47 Å². The second-order valence-corrected chi connectivity index (χ2v) is 14.9. The van der Waals surface area contributed by atoms with E-state index in [1.807, 2.05) is 6.07 Å². The zero-order valence-corrected chi connectivity index (χ0v) is 31.1. The maximum atomic E-state index is 12.6. The molecular weight excluding hydrogens is 702 g/mol. The van der Waals surface area contributed by atoms with Gasteiger partial charge in [0, 0.05) is 41.0 Å². The third-order valence-electron chi connectivity index (χ3n) is 11.7. The van der Waals surface area contributed by atoms with E-state index in [0.29, 0.717) is 51.1 Å². The van der Waals surface area contributed by atoms with Crippen LogP contribution in [0.4, 0.5) is 0 Å². The summed E-state index contributed by atoms with van der Waals surface area (Å²) in [6.45, 7) is 4.10. The number of methoxy groups -OCH3 is 1. The van der Waals surface area contributed by atoms with Crippen LogP contribution < -0.4 is 9.47 Å². The average molecular weight is 746 g/mol. The van der Waals surface area contributed by atoms with Gasteiger partial charge < -0.3 is 39.6 Å². The van der Waals surface area contributed by atoms with Gasteiger partial charge in [0.15, 0.2) is 23.4 Å². The number of fused-ring (bicyclic) bond motifs is 2. The van der Waals surface area contributed by atoms with Crippen molar-refractivity contribution in [3.05, 3.63) is 106 Å². The fourth-order valence-electron chi connectivity index (χ4n) is 9.35. The Morgan fingerprint density at radius 3 is 1.95 bits per heavy atom. The van der Waals surface area contributed by atoms with Gasteiger partial charge in [-0.05, 0) is 97.9 Å². The first kappa shape index (κ1) is 37.4. The number of likely N-dealkylation sites (tertiary alicyclic amines) is 1. The van der Waals surface area contributed by atoms with Gasteiger partial charge >= 0.3 is 11.9 Å². The zero-order chi connectivity index (χ0) is 39.3. The molecule has 9 rings (SSSR count). The number of Topliss-reactive ketones (excluding diaryl/α,β-unsaturated/α-hetero) is 2. The summed E-state index contributed by atoms with van der Waals surface area (Å²) in [5.74, 6) is -0.730. The number of hydrogen-bond donors (Lipinski definition) is 4. The van der Waals surface area contributed by atoms with Gasteiger partial charge in [0.2, 0.25) is 0 Å². The van der Waals surface area contributed by atoms with Crippen LogP contribution in [0.15, 0.2) is 72.8 Å². The summed E-state index contributed by atoms with van der Waals surface area (Å²) in [6, 6.07) is 21.5. The molecule has 4 N–H and O–H groups in total. The normalized spacial score (nSPS) is 21.7. The van der Waals surface area contributed by atoms with E-state index in [-0.39, 0.29) is 40.6 Å². The Labute approximate surface area is 317 Å². The highest BCUT2D eigenvalue weighted by molar-refractivity contribution is 6.02. The van der Waals surface area contributed by atoms with Crippen LogP contribution in [0, 0.1) is 5.92 Å². The van der Waals surface area contributed by atoms with Gasteiger partial charge in [-0.25, -0.2) is 9.59 Å². The van der Waals surface area contributed by atoms with Gasteiger partial charge in [0.1, 0.15) is 28.4 Å². The van der Waals surface area contributed by atoms with Crippen LogP contribution >= 0.6 is 0 Å². The van der Waals surface area contributed by atoms with Crippen molar-refractivity contribution in [1.82, 2.24) is 4.90 Å². The molecule has 2 bridgehead atoms. The summed E-state index contributed by atoms with van der Waals surface area (Å²) in [6.07, 6.45) is 3.43. The standard InChI is InChI=1S/C23H16O6.C18H21NO3.C3H6O/c24-20-16(14-7-3-1-5-12(14)9-18(20)22(26)27)11-17-15-8-4-2-6-13(15)10-19(21(17)25)23(28)29;1-19-8-7-18-11-4-5-13(20)17(18)22-16-14(21-2)6-3-10(15(16)18)9-12(11)19;1-3(2)4/h1-10,24-25H,11H2,(H,26,27)(H,28,29);3,6,11-12,17H,4-5,7-9H2,1-2H3;1-2H3/t;11-,12+,17-,18-;/m.0./s1. The fourth-order valence-corrected chi connectivity index (χ4v) is 9.35. The third-order valence-corrected chi connectivity index (χ3v) is 11.7. The zero-order valence-electron chi connectivity index (χ0n) is 31.1. The molecule has 0 amide bonds. The summed E-state index contributed by atoms with van der Waals surface area (Å²) in [4.78, 5) is 47.8. The van der Waals surface area contributed by atoms with Crippen molar-refractivity contribution in [2.75, 3.05) is 20.7 Å². The highest BCUT2D eigenvalue weighted by Gasteiger charge is 2.65. The number of piperidine rings is 1. The molecule has 55 heavy (non-hydrogen) atoms. The van der Waals surface area contributed by atoms with Crippen molar-refractivity contribution < 1.29 is 49.1 Å². The van der Waals surface area contributed by atoms with Crippen molar-refractivity contribution in [2.24, 2.45) is 5.92 Å². The average Bonchev–Trinajstić information content (AvgIpc) is 3.51. The van der Waals surface area contributed by atoms with Crippen molar-refractivity contribution >= 4 is 45.0 Å². The van der Waals surface area contributed by atoms with Crippen LogP contribution in [0.25, 0.3) is 21.5 Å². The molecule has 11 heteroatoms. The number of carbonyl (C=O) groups is 4. The van der Waals surface area contributed by atoms with Crippen LogP contribution in [-0.2, 0) is 27.8 Å². The van der Waals surface area contributed by atoms with E-state index in [1.165, 1.54) is 37.1 Å². The van der Waals surface area contributed by atoms with E-state index in [0.717, 1.165) is 37.3 Å². The first-order valence-corrected chi connectivity index (χ1v) is 18.3. The Kier molecular flexibility index (Phi) is 9.77. The van der Waals surface area contributed by atoms with Crippen molar-refractivity contribution in [3.63, 3.8) is 0 Å². The number of aromatic carboxylic acids is 2. The van der Waals surface area contributed by atoms with Gasteiger partial charge in [-0.2, -0.15) is 0 Å². The molecule has 2 fully saturated rings. The number of hydrogen-bond acceptors (Lipinski definition) is 9. The SMILES string of the molecule is CC(C)=O.COc1ccc2c3c1O[C@H]1C(=O)CC[C@H]4[C@@H](C2)N(C)CC[C@]314.O=C(O)c1cc2ccccc2c(Cc2c(O)c(C(=O)O)cc3ccccc23)c1O. The quantitative estimate of drug-likeness (QED) is 0.147. The molecule has 11 nitrogen and oxygen atoms in total. The van der Waals surface area contributed by atoms with Gasteiger partial charge in [-0.1, -0.05) is 54.6 Å². The summed E-state index contributed by atoms with van der Waals surface area (Å²) in [7, 11) is 3.91. The minimum Gasteiger partial charge on any atom is -0.507 e. The molecule has 4 aliphatic rings. The molecule has 0 radical (unpaired) electrons. The number of carboxylic acid groups (broad SMARTS) is 2. The van der Waals surface area contributed by atoms with Crippen molar-refractivity contribution in [2.45, 2.75) is 63.5 Å². The number of benzene rings is 5. The number of aromatic hydroxyl groups is 2. The Balaban J connectivity index is 0.000000158. The van der Waals surface area contributed by atoms with Crippen LogP contribution in [0.3, 0.4) is 0 Å². The predicted molar refractivity (Wildman–Crippen MR) is 206 cm³/mol. The van der Waals surface area contributed by atoms with E-state index in [9.17, 15) is 39.6 Å². The lowest BCUT2D eigenvalue weighted by Gasteiger charge is -2.57. The van der Waals surface area contributed by atoms with E-state index in [2.05, 4.69) is 18.0 Å². The lowest BCUT2D eigenvalue weighted by atomic mass is 9.52. The molecule has 5 aromatic carbocycles. The number of carboxylic acids is 2. The molecule has 0 unspecified atom stereocenters. The number of phenols is 2. The molecule has 1 spiro atoms. The number of likely N-dealkylation sites (N-methyl/N-ethyl adjacent to an activating group) is 1. The fraction of sp³-hybridized carbons (Fsp3) is 0.318. The number of nitrogens with zero attached hydrogens (tertiary/aromatic N) is 1. The molecule has 1 saturated heterocycles. The minimum atomic E-state index is -1.28. The summed E-state index contributed by atoms with van der Waals surface area (Å²) < 4.78 is 11.8. The topological polar surface area (TPSA) is 171 Å². The van der Waals surface area contributed by atoms with Crippen molar-refractivity contribution in [1.29, 1.82) is 0 Å². The first-order valence-electron chi connectivity index (χ1n) is 18.3. The number of carbonyl (C=O) groups excluding carboxylic acids is 2. The minimum absolute atomic E-state index is 0.0407. The molecule has 1 saturated carbocycles. The first-order chi connectivity index (χ1) is 26.3. The lowest BCUT2D eigenvalue weighted by molar-refractivity contribution is -0.138. The summed E-state index contributed by atoms with van der Waals surface area (Å²) in [5.41, 5.74) is 2.69. The van der Waals surface area contributed by atoms with Gasteiger partial charge in [0.05, 0.1) is 7.11 Å². The maximum Gasteiger partial charge on any atom is 0.339 e. The smallest absolute Gasteiger partial charge is 0.339 e. The van der Waals surface area contributed by atoms with E-state index < -0.39 is 23.4 Å². The van der Waals surface area contributed by atoms with Gasteiger partial charge in [-0.15, -0.1) is 0 Å². The molecule has 4 atom stereocenters. The number of rotatable bonds is 5. The van der Waals surface area contributed by atoms with Crippen LogP contribution in [0.1, 0.15) is 76.1 Å². The lowest BCUT2D eigenvalue weighted by Crippen LogP contribution is -2.65. The Hall–Kier alpha value is -5.94. The Bertz CT molecular complexity index is 2300. The van der Waals surface area contributed by atoms with Crippen LogP contribution in [0.2, 0.25) is 0 Å². The molecule has 284 valence electrons. The van der Waals surface area contributed by atoms with Crippen molar-refractivity contribution in [3.8, 4) is 23.0 Å². The van der Waals surface area contributed by atoms with Gasteiger partial charge in [0.25, 0.3) is 0 Å². The maximum absolute atomic E-state index is 12.6. The molecular formula is C44H43NO10. The number of ether oxygens (including phenoxy) is 2. The molecule has 2 heterocycles. The predicted octanol–water partition coefficient (Wildman–Crippen LogP) is 6.92. The summed E-state index contributed by atoms with van der Waals surface area (Å²) >= 11 is 0. The molecule has 2 aliphatic heterocycles. The monoisotopic (exact) mass is 745 g/mol. The molecule has 0 aromatic heterocycles. The summed E-state index contributed by atoms with van der Waals surface area (Å²) in [5, 5.41) is 42.8. The number of ketones is 2. The third kappa shape index (κ3) is 6.22. The van der Waals surface area contributed by atoms with E-state index >= 15 is 0 Å². The molecule has 5 aromatic rings. The van der Waals surface area contributed by atoms with Gasteiger partial charge in [-0.3, -0.25) is 4.79 Å². The highest BCUT2D eigenvalue weighted by Crippen LogP contribution is 2.63. The highest BCUT2D eigenvalue weighted by atomic mass is 16.5. The van der Waals surface area contributed by atoms with Crippen LogP contribution in [0.5, 0.6) is 23.0 Å². The molecule has 2 aliphatic carbocycles.